The summed E-state index contributed by atoms with van der Waals surface area (Å²) in [6.45, 7) is 0.232. The molecular formula is C18H14N2O2. The van der Waals surface area contributed by atoms with Crippen LogP contribution in [0.2, 0.25) is 0 Å². The first-order chi connectivity index (χ1) is 10.8. The lowest BCUT2D eigenvalue weighted by molar-refractivity contribution is 0.0473. The number of hydrogen-bond acceptors (Lipinski definition) is 4. The second kappa shape index (κ2) is 6.63. The van der Waals surface area contributed by atoms with E-state index in [1.807, 2.05) is 48.5 Å². The number of aromatic nitrogens is 2. The summed E-state index contributed by atoms with van der Waals surface area (Å²) in [6.07, 6.45) is 3.31. The first kappa shape index (κ1) is 13.9. The maximum absolute atomic E-state index is 12.3. The molecule has 1 aromatic carbocycles. The Morgan fingerprint density at radius 1 is 0.864 bits per heavy atom. The Morgan fingerprint density at radius 2 is 1.64 bits per heavy atom. The molecule has 3 rings (SSSR count). The van der Waals surface area contributed by atoms with E-state index < -0.39 is 5.97 Å². The van der Waals surface area contributed by atoms with E-state index >= 15 is 0 Å². The fourth-order valence-corrected chi connectivity index (χ4v) is 2.08. The molecule has 0 saturated heterocycles. The summed E-state index contributed by atoms with van der Waals surface area (Å²) in [7, 11) is 0. The molecule has 0 fully saturated rings. The van der Waals surface area contributed by atoms with Crippen molar-refractivity contribution >= 4 is 5.97 Å². The van der Waals surface area contributed by atoms with Gasteiger partial charge in [0.15, 0.2) is 0 Å². The van der Waals surface area contributed by atoms with E-state index in [-0.39, 0.29) is 6.61 Å². The number of rotatable bonds is 4. The highest BCUT2D eigenvalue weighted by Crippen LogP contribution is 2.19. The minimum atomic E-state index is -0.405. The number of ether oxygens (including phenoxy) is 1. The fraction of sp³-hybridized carbons (Fsp3) is 0.0556. The van der Waals surface area contributed by atoms with Crippen LogP contribution in [0.5, 0.6) is 0 Å². The van der Waals surface area contributed by atoms with Gasteiger partial charge in [-0.05, 0) is 29.8 Å². The van der Waals surface area contributed by atoms with E-state index in [0.717, 1.165) is 5.56 Å². The van der Waals surface area contributed by atoms with Gasteiger partial charge in [0.25, 0.3) is 0 Å². The molecule has 108 valence electrons. The molecular weight excluding hydrogens is 276 g/mol. The molecule has 0 N–H and O–H groups in total. The highest BCUT2D eigenvalue weighted by Gasteiger charge is 2.15. The molecule has 0 radical (unpaired) electrons. The third kappa shape index (κ3) is 3.17. The topological polar surface area (TPSA) is 52.1 Å². The van der Waals surface area contributed by atoms with Crippen LogP contribution in [-0.2, 0) is 11.3 Å². The Kier molecular flexibility index (Phi) is 4.20. The van der Waals surface area contributed by atoms with Crippen molar-refractivity contribution < 1.29 is 9.53 Å². The molecule has 0 spiro atoms. The molecule has 2 heterocycles. The van der Waals surface area contributed by atoms with Gasteiger partial charge in [-0.2, -0.15) is 0 Å². The van der Waals surface area contributed by atoms with Gasteiger partial charge < -0.3 is 4.74 Å². The van der Waals surface area contributed by atoms with Crippen molar-refractivity contribution in [3.63, 3.8) is 0 Å². The highest BCUT2D eigenvalue weighted by molar-refractivity contribution is 5.95. The smallest absolute Gasteiger partial charge is 0.340 e. The summed E-state index contributed by atoms with van der Waals surface area (Å²) in [5, 5.41) is 0. The lowest BCUT2D eigenvalue weighted by atomic mass is 10.1. The van der Waals surface area contributed by atoms with Crippen molar-refractivity contribution in [3.8, 4) is 11.4 Å². The summed E-state index contributed by atoms with van der Waals surface area (Å²) in [6, 6.07) is 18.5. The van der Waals surface area contributed by atoms with Gasteiger partial charge in [-0.15, -0.1) is 0 Å². The average molecular weight is 290 g/mol. The van der Waals surface area contributed by atoms with Crippen molar-refractivity contribution in [2.45, 2.75) is 6.61 Å². The molecule has 0 amide bonds. The van der Waals surface area contributed by atoms with Gasteiger partial charge in [0.05, 0.1) is 11.3 Å². The maximum atomic E-state index is 12.3. The number of carbonyl (C=O) groups is 1. The quantitative estimate of drug-likeness (QED) is 0.690. The lowest BCUT2D eigenvalue weighted by Crippen LogP contribution is -2.08. The molecule has 2 aromatic heterocycles. The maximum Gasteiger partial charge on any atom is 0.340 e. The van der Waals surface area contributed by atoms with Crippen LogP contribution >= 0.6 is 0 Å². The van der Waals surface area contributed by atoms with Crippen LogP contribution in [0.3, 0.4) is 0 Å². The van der Waals surface area contributed by atoms with Crippen LogP contribution < -0.4 is 0 Å². The van der Waals surface area contributed by atoms with Gasteiger partial charge >= 0.3 is 5.97 Å². The number of benzene rings is 1. The molecule has 22 heavy (non-hydrogen) atoms. The zero-order valence-electron chi connectivity index (χ0n) is 11.8. The fourth-order valence-electron chi connectivity index (χ4n) is 2.08. The third-order valence-electron chi connectivity index (χ3n) is 3.15. The van der Waals surface area contributed by atoms with Crippen LogP contribution in [-0.4, -0.2) is 15.9 Å². The van der Waals surface area contributed by atoms with Crippen LogP contribution in [0.15, 0.2) is 73.1 Å². The van der Waals surface area contributed by atoms with Crippen molar-refractivity contribution in [1.82, 2.24) is 9.97 Å². The highest BCUT2D eigenvalue weighted by atomic mass is 16.5. The molecule has 3 aromatic rings. The Labute approximate surface area is 128 Å². The molecule has 0 saturated carbocycles. The lowest BCUT2D eigenvalue weighted by Gasteiger charge is -2.08. The van der Waals surface area contributed by atoms with E-state index in [4.69, 9.17) is 4.74 Å². The number of hydrogen-bond donors (Lipinski definition) is 0. The van der Waals surface area contributed by atoms with Gasteiger partial charge in [0.1, 0.15) is 12.3 Å². The predicted octanol–water partition coefficient (Wildman–Crippen LogP) is 3.50. The van der Waals surface area contributed by atoms with Crippen LogP contribution in [0.1, 0.15) is 15.9 Å². The normalized spacial score (nSPS) is 10.2. The van der Waals surface area contributed by atoms with E-state index in [1.165, 1.54) is 0 Å². The van der Waals surface area contributed by atoms with Crippen molar-refractivity contribution in [2.75, 3.05) is 0 Å². The van der Waals surface area contributed by atoms with E-state index in [9.17, 15) is 4.79 Å². The Bertz CT molecular complexity index is 758. The second-order valence-corrected chi connectivity index (χ2v) is 4.68. The minimum Gasteiger partial charge on any atom is -0.457 e. The first-order valence-corrected chi connectivity index (χ1v) is 6.92. The van der Waals surface area contributed by atoms with Gasteiger partial charge in [-0.3, -0.25) is 9.97 Å². The van der Waals surface area contributed by atoms with Gasteiger partial charge in [0, 0.05) is 12.4 Å². The Balaban J connectivity index is 1.81. The number of pyridine rings is 2. The zero-order chi connectivity index (χ0) is 15.2. The Morgan fingerprint density at radius 3 is 2.41 bits per heavy atom. The SMILES string of the molecule is O=C(OCc1ccccc1)c1cccnc1-c1ccccn1. The van der Waals surface area contributed by atoms with Crippen LogP contribution in [0.4, 0.5) is 0 Å². The van der Waals surface area contributed by atoms with Crippen LogP contribution in [0.25, 0.3) is 11.4 Å². The molecule has 0 aliphatic heterocycles. The summed E-state index contributed by atoms with van der Waals surface area (Å²) >= 11 is 0. The minimum absolute atomic E-state index is 0.232. The predicted molar refractivity (Wildman–Crippen MR) is 83.0 cm³/mol. The van der Waals surface area contributed by atoms with Crippen LogP contribution in [0, 0.1) is 0 Å². The molecule has 0 bridgehead atoms. The average Bonchev–Trinajstić information content (AvgIpc) is 2.61. The molecule has 0 aliphatic carbocycles. The molecule has 0 atom stereocenters. The second-order valence-electron chi connectivity index (χ2n) is 4.68. The van der Waals surface area contributed by atoms with Gasteiger partial charge in [-0.25, -0.2) is 4.79 Å². The summed E-state index contributed by atoms with van der Waals surface area (Å²) in [5.74, 6) is -0.405. The monoisotopic (exact) mass is 290 g/mol. The standard InChI is InChI=1S/C18H14N2O2/c21-18(22-13-14-7-2-1-3-8-14)15-9-6-12-20-17(15)16-10-4-5-11-19-16/h1-12H,13H2. The summed E-state index contributed by atoms with van der Waals surface area (Å²) < 4.78 is 5.37. The number of carbonyl (C=O) groups excluding carboxylic acids is 1. The molecule has 4 heteroatoms. The summed E-state index contributed by atoms with van der Waals surface area (Å²) in [5.41, 5.74) is 2.53. The third-order valence-corrected chi connectivity index (χ3v) is 3.15. The van der Waals surface area contributed by atoms with E-state index in [2.05, 4.69) is 9.97 Å². The molecule has 0 aliphatic rings. The molecule has 0 unspecified atom stereocenters. The summed E-state index contributed by atoms with van der Waals surface area (Å²) in [4.78, 5) is 20.8. The zero-order valence-corrected chi connectivity index (χ0v) is 11.8. The van der Waals surface area contributed by atoms with Crippen molar-refractivity contribution in [1.29, 1.82) is 0 Å². The largest absolute Gasteiger partial charge is 0.457 e. The first-order valence-electron chi connectivity index (χ1n) is 6.92. The number of nitrogens with zero attached hydrogens (tertiary/aromatic N) is 2. The van der Waals surface area contributed by atoms with Gasteiger partial charge in [-0.1, -0.05) is 36.4 Å². The Hall–Kier alpha value is -3.01. The van der Waals surface area contributed by atoms with Gasteiger partial charge in [0.2, 0.25) is 0 Å². The van der Waals surface area contributed by atoms with E-state index in [1.54, 1.807) is 24.5 Å². The number of esters is 1. The van der Waals surface area contributed by atoms with Crippen molar-refractivity contribution in [2.24, 2.45) is 0 Å². The van der Waals surface area contributed by atoms with Crippen molar-refractivity contribution in [3.05, 3.63) is 84.2 Å². The van der Waals surface area contributed by atoms with E-state index in [0.29, 0.717) is 17.0 Å². The molecule has 4 nitrogen and oxygen atoms in total.